The van der Waals surface area contributed by atoms with Gasteiger partial charge in [-0.15, -0.1) is 0 Å². The second-order valence-corrected chi connectivity index (χ2v) is 10.2. The molecular formula is C30H33N3O4. The molecule has 1 saturated carbocycles. The van der Waals surface area contributed by atoms with Gasteiger partial charge in [0, 0.05) is 55.5 Å². The molecule has 2 amide bonds. The van der Waals surface area contributed by atoms with Crippen LogP contribution < -0.4 is 0 Å². The van der Waals surface area contributed by atoms with Crippen molar-refractivity contribution in [1.29, 1.82) is 0 Å². The van der Waals surface area contributed by atoms with E-state index in [1.54, 1.807) is 0 Å². The highest BCUT2D eigenvalue weighted by Crippen LogP contribution is 2.37. The Balaban J connectivity index is 1.17. The Bertz CT molecular complexity index is 1260. The van der Waals surface area contributed by atoms with E-state index in [0.717, 1.165) is 60.9 Å². The molecule has 7 heteroatoms. The van der Waals surface area contributed by atoms with E-state index >= 15 is 0 Å². The Morgan fingerprint density at radius 2 is 1.81 bits per heavy atom. The maximum Gasteiger partial charge on any atom is 0.410 e. The van der Waals surface area contributed by atoms with E-state index in [1.807, 2.05) is 40.3 Å². The van der Waals surface area contributed by atoms with Crippen molar-refractivity contribution in [2.24, 2.45) is 0 Å². The fourth-order valence-electron chi connectivity index (χ4n) is 5.74. The predicted octanol–water partition coefficient (Wildman–Crippen LogP) is 4.87. The lowest BCUT2D eigenvalue weighted by Crippen LogP contribution is -2.40. The van der Waals surface area contributed by atoms with Gasteiger partial charge < -0.3 is 19.3 Å². The van der Waals surface area contributed by atoms with Gasteiger partial charge in [0.15, 0.2) is 0 Å². The summed E-state index contributed by atoms with van der Waals surface area (Å²) in [6.07, 6.45) is 12.1. The topological polar surface area (TPSA) is 72.0 Å². The van der Waals surface area contributed by atoms with E-state index in [2.05, 4.69) is 18.2 Å². The van der Waals surface area contributed by atoms with Crippen molar-refractivity contribution in [1.82, 2.24) is 14.8 Å². The van der Waals surface area contributed by atoms with Gasteiger partial charge in [0.05, 0.1) is 18.9 Å². The molecule has 0 atom stereocenters. The van der Waals surface area contributed by atoms with Crippen molar-refractivity contribution in [3.05, 3.63) is 71.1 Å². The van der Waals surface area contributed by atoms with Crippen molar-refractivity contribution in [3.63, 3.8) is 0 Å². The number of ether oxygens (including phenoxy) is 2. The summed E-state index contributed by atoms with van der Waals surface area (Å²) >= 11 is 0. The summed E-state index contributed by atoms with van der Waals surface area (Å²) < 4.78 is 11.1. The number of hydrogen-bond donors (Lipinski definition) is 0. The van der Waals surface area contributed by atoms with Gasteiger partial charge in [0.25, 0.3) is 5.91 Å². The lowest BCUT2D eigenvalue weighted by atomic mass is 9.94. The van der Waals surface area contributed by atoms with Crippen LogP contribution in [0, 0.1) is 0 Å². The first kappa shape index (κ1) is 23.9. The summed E-state index contributed by atoms with van der Waals surface area (Å²) in [4.78, 5) is 34.0. The number of pyridine rings is 1. The zero-order chi connectivity index (χ0) is 25.2. The monoisotopic (exact) mass is 499 g/mol. The average molecular weight is 500 g/mol. The molecule has 1 saturated heterocycles. The molecule has 0 bridgehead atoms. The molecule has 0 N–H and O–H groups in total. The summed E-state index contributed by atoms with van der Waals surface area (Å²) in [5, 5.41) is 0. The van der Waals surface area contributed by atoms with Gasteiger partial charge in [0.2, 0.25) is 0 Å². The van der Waals surface area contributed by atoms with E-state index in [4.69, 9.17) is 14.5 Å². The van der Waals surface area contributed by atoms with Gasteiger partial charge in [-0.05, 0) is 67.0 Å². The van der Waals surface area contributed by atoms with Crippen LogP contribution in [0.1, 0.15) is 53.7 Å². The van der Waals surface area contributed by atoms with E-state index in [1.165, 1.54) is 11.1 Å². The van der Waals surface area contributed by atoms with Crippen molar-refractivity contribution < 1.29 is 19.1 Å². The maximum absolute atomic E-state index is 13.0. The third-order valence-corrected chi connectivity index (χ3v) is 7.88. The minimum absolute atomic E-state index is 0.0447. The van der Waals surface area contributed by atoms with Crippen molar-refractivity contribution in [2.45, 2.75) is 44.6 Å². The summed E-state index contributed by atoms with van der Waals surface area (Å²) in [6, 6.07) is 10.0. The van der Waals surface area contributed by atoms with Crippen LogP contribution >= 0.6 is 0 Å². The van der Waals surface area contributed by atoms with Crippen molar-refractivity contribution in [2.75, 3.05) is 39.4 Å². The highest BCUT2D eigenvalue weighted by atomic mass is 16.6. The van der Waals surface area contributed by atoms with Crippen molar-refractivity contribution in [3.8, 4) is 11.1 Å². The van der Waals surface area contributed by atoms with Crippen LogP contribution in [0.5, 0.6) is 0 Å². The highest BCUT2D eigenvalue weighted by molar-refractivity contribution is 5.95. The Morgan fingerprint density at radius 1 is 0.973 bits per heavy atom. The minimum Gasteiger partial charge on any atom is -0.446 e. The standard InChI is InChI=1S/C30H33N3O4/c34-29(32-14-16-36-17-15-32)23-5-3-4-22(18-23)24-19-27-26(8-9-28(27)31-20-24)21-10-12-33(13-11-21)30(35)37-25-6-1-2-7-25/h3-5,8,10,18-20,25H,1-2,6-7,9,11-17H2. The summed E-state index contributed by atoms with van der Waals surface area (Å²) in [5.41, 5.74) is 7.38. The summed E-state index contributed by atoms with van der Waals surface area (Å²) in [7, 11) is 0. The molecule has 3 heterocycles. The second kappa shape index (κ2) is 10.5. The molecule has 2 aliphatic carbocycles. The number of aromatic nitrogens is 1. The number of hydrogen-bond acceptors (Lipinski definition) is 5. The lowest BCUT2D eigenvalue weighted by molar-refractivity contribution is 0.0303. The van der Waals surface area contributed by atoms with Crippen LogP contribution in [0.4, 0.5) is 4.79 Å². The number of nitrogens with zero attached hydrogens (tertiary/aromatic N) is 3. The second-order valence-electron chi connectivity index (χ2n) is 10.2. The van der Waals surface area contributed by atoms with Crippen LogP contribution in [-0.2, 0) is 15.9 Å². The van der Waals surface area contributed by atoms with E-state index in [9.17, 15) is 9.59 Å². The van der Waals surface area contributed by atoms with Gasteiger partial charge in [-0.25, -0.2) is 4.79 Å². The van der Waals surface area contributed by atoms with E-state index < -0.39 is 0 Å². The highest BCUT2D eigenvalue weighted by Gasteiger charge is 2.27. The van der Waals surface area contributed by atoms with E-state index in [0.29, 0.717) is 45.0 Å². The van der Waals surface area contributed by atoms with Gasteiger partial charge >= 0.3 is 6.09 Å². The molecule has 2 aromatic rings. The molecule has 6 rings (SSSR count). The summed E-state index contributed by atoms with van der Waals surface area (Å²) in [5.74, 6) is 0.0447. The smallest absolute Gasteiger partial charge is 0.410 e. The number of carbonyl (C=O) groups excluding carboxylic acids is 2. The van der Waals surface area contributed by atoms with Crippen LogP contribution in [0.3, 0.4) is 0 Å². The number of rotatable bonds is 4. The van der Waals surface area contributed by atoms with Gasteiger partial charge in [-0.2, -0.15) is 0 Å². The first-order chi connectivity index (χ1) is 18.2. The Hall–Kier alpha value is -3.45. The molecule has 0 unspecified atom stereocenters. The van der Waals surface area contributed by atoms with Gasteiger partial charge in [-0.3, -0.25) is 9.78 Å². The minimum atomic E-state index is -0.182. The number of carbonyl (C=O) groups is 2. The third-order valence-electron chi connectivity index (χ3n) is 7.88. The van der Waals surface area contributed by atoms with Gasteiger partial charge in [0.1, 0.15) is 6.10 Å². The molecular weight excluding hydrogens is 466 g/mol. The Kier molecular flexibility index (Phi) is 6.79. The zero-order valence-corrected chi connectivity index (χ0v) is 21.2. The molecule has 2 fully saturated rings. The molecule has 192 valence electrons. The fraction of sp³-hybridized carbons (Fsp3) is 0.433. The first-order valence-corrected chi connectivity index (χ1v) is 13.5. The number of benzene rings is 1. The predicted molar refractivity (Wildman–Crippen MR) is 141 cm³/mol. The van der Waals surface area contributed by atoms with Crippen LogP contribution in [0.2, 0.25) is 0 Å². The van der Waals surface area contributed by atoms with Crippen LogP contribution in [-0.4, -0.2) is 72.3 Å². The molecule has 1 aromatic carbocycles. The average Bonchev–Trinajstić information content (AvgIpc) is 3.63. The number of fused-ring (bicyclic) bond motifs is 1. The first-order valence-electron chi connectivity index (χ1n) is 13.5. The van der Waals surface area contributed by atoms with E-state index in [-0.39, 0.29) is 18.1 Å². The normalized spacial score (nSPS) is 19.9. The zero-order valence-electron chi connectivity index (χ0n) is 21.2. The molecule has 37 heavy (non-hydrogen) atoms. The molecule has 4 aliphatic rings. The molecule has 0 radical (unpaired) electrons. The lowest BCUT2D eigenvalue weighted by Gasteiger charge is -2.28. The third kappa shape index (κ3) is 5.05. The number of morpholine rings is 1. The van der Waals surface area contributed by atoms with Crippen LogP contribution in [0.25, 0.3) is 16.7 Å². The fourth-order valence-corrected chi connectivity index (χ4v) is 5.74. The Morgan fingerprint density at radius 3 is 2.59 bits per heavy atom. The quantitative estimate of drug-likeness (QED) is 0.600. The largest absolute Gasteiger partial charge is 0.446 e. The van der Waals surface area contributed by atoms with Gasteiger partial charge in [-0.1, -0.05) is 24.3 Å². The summed E-state index contributed by atoms with van der Waals surface area (Å²) in [6.45, 7) is 3.68. The molecule has 1 aromatic heterocycles. The molecule has 2 aliphatic heterocycles. The SMILES string of the molecule is O=C(OC1CCCC1)N1CC=C(C2=CCc3ncc(-c4cccc(C(=O)N5CCOCC5)c4)cc32)CC1. The maximum atomic E-state index is 13.0. The van der Waals surface area contributed by atoms with Crippen molar-refractivity contribution >= 4 is 17.6 Å². The number of amides is 2. The molecule has 0 spiro atoms. The Labute approximate surface area is 217 Å². The molecule has 7 nitrogen and oxygen atoms in total. The van der Waals surface area contributed by atoms with Crippen LogP contribution in [0.15, 0.2) is 54.3 Å². The number of allylic oxidation sites excluding steroid dienone is 2.